The number of carboxylic acid groups (broad SMARTS) is 1. The summed E-state index contributed by atoms with van der Waals surface area (Å²) in [4.78, 5) is 22.3. The lowest BCUT2D eigenvalue weighted by Crippen LogP contribution is -2.24. The van der Waals surface area contributed by atoms with Crippen LogP contribution in [-0.2, 0) is 4.79 Å². The third-order valence-electron chi connectivity index (χ3n) is 2.74. The van der Waals surface area contributed by atoms with E-state index in [4.69, 9.17) is 14.6 Å². The van der Waals surface area contributed by atoms with Crippen molar-refractivity contribution < 1.29 is 24.2 Å². The van der Waals surface area contributed by atoms with E-state index in [-0.39, 0.29) is 19.1 Å². The van der Waals surface area contributed by atoms with Crippen molar-refractivity contribution >= 4 is 11.9 Å². The maximum atomic E-state index is 11.9. The summed E-state index contributed by atoms with van der Waals surface area (Å²) in [6.45, 7) is 0.564. The topological polar surface area (TPSA) is 84.9 Å². The molecular formula is C13H15NO5. The SMILES string of the molecule is O=C(O)CCCCNC(=O)c1cccc2c1OCO2. The molecule has 0 spiro atoms. The van der Waals surface area contributed by atoms with Crippen LogP contribution < -0.4 is 14.8 Å². The summed E-state index contributed by atoms with van der Waals surface area (Å²) in [5.41, 5.74) is 0.438. The van der Waals surface area contributed by atoms with Crippen molar-refractivity contribution in [1.29, 1.82) is 0 Å². The molecule has 6 heteroatoms. The summed E-state index contributed by atoms with van der Waals surface area (Å²) in [5.74, 6) is -0.0282. The molecule has 1 aliphatic rings. The molecule has 0 atom stereocenters. The average molecular weight is 265 g/mol. The van der Waals surface area contributed by atoms with E-state index in [9.17, 15) is 9.59 Å². The van der Waals surface area contributed by atoms with Gasteiger partial charge in [0.15, 0.2) is 11.5 Å². The molecule has 19 heavy (non-hydrogen) atoms. The molecule has 1 aromatic carbocycles. The molecule has 2 rings (SSSR count). The number of nitrogens with one attached hydrogen (secondary N) is 1. The number of hydrogen-bond donors (Lipinski definition) is 2. The number of unbranched alkanes of at least 4 members (excludes halogenated alkanes) is 1. The van der Waals surface area contributed by atoms with Crippen molar-refractivity contribution in [2.45, 2.75) is 19.3 Å². The van der Waals surface area contributed by atoms with Gasteiger partial charge in [-0.05, 0) is 25.0 Å². The molecule has 0 aliphatic carbocycles. The van der Waals surface area contributed by atoms with Crippen molar-refractivity contribution in [3.05, 3.63) is 23.8 Å². The number of carbonyl (C=O) groups excluding carboxylic acids is 1. The number of hydrogen-bond acceptors (Lipinski definition) is 4. The minimum Gasteiger partial charge on any atom is -0.481 e. The Labute approximate surface area is 110 Å². The van der Waals surface area contributed by atoms with Crippen molar-refractivity contribution in [1.82, 2.24) is 5.32 Å². The lowest BCUT2D eigenvalue weighted by atomic mass is 10.1. The standard InChI is InChI=1S/C13H15NO5/c15-11(16)6-1-2-7-14-13(17)9-4-3-5-10-12(9)19-8-18-10/h3-5H,1-2,6-8H2,(H,14,17)(H,15,16). The van der Waals surface area contributed by atoms with Crippen molar-refractivity contribution in [2.24, 2.45) is 0 Å². The molecule has 1 aliphatic heterocycles. The lowest BCUT2D eigenvalue weighted by Gasteiger charge is -2.07. The van der Waals surface area contributed by atoms with Gasteiger partial charge in [0, 0.05) is 13.0 Å². The summed E-state index contributed by atoms with van der Waals surface area (Å²) in [6.07, 6.45) is 1.29. The number of fused-ring (bicyclic) bond motifs is 1. The van der Waals surface area contributed by atoms with Crippen LogP contribution in [0.3, 0.4) is 0 Å². The molecule has 0 saturated heterocycles. The molecule has 0 bridgehead atoms. The van der Waals surface area contributed by atoms with E-state index >= 15 is 0 Å². The number of aliphatic carboxylic acids is 1. The minimum atomic E-state index is -0.822. The van der Waals surface area contributed by atoms with Gasteiger partial charge in [-0.15, -0.1) is 0 Å². The largest absolute Gasteiger partial charge is 0.481 e. The van der Waals surface area contributed by atoms with Crippen molar-refractivity contribution in [3.8, 4) is 11.5 Å². The zero-order chi connectivity index (χ0) is 13.7. The molecule has 0 fully saturated rings. The van der Waals surface area contributed by atoms with Gasteiger partial charge in [0.05, 0.1) is 5.56 Å². The fraction of sp³-hybridized carbons (Fsp3) is 0.385. The zero-order valence-electron chi connectivity index (χ0n) is 10.3. The van der Waals surface area contributed by atoms with Crippen LogP contribution in [0.15, 0.2) is 18.2 Å². The van der Waals surface area contributed by atoms with Gasteiger partial charge >= 0.3 is 5.97 Å². The molecule has 1 amide bonds. The second-order valence-corrected chi connectivity index (χ2v) is 4.15. The molecule has 0 unspecified atom stereocenters. The Morgan fingerprint density at radius 1 is 1.26 bits per heavy atom. The maximum absolute atomic E-state index is 11.9. The first kappa shape index (κ1) is 13.2. The second-order valence-electron chi connectivity index (χ2n) is 4.15. The van der Waals surface area contributed by atoms with Crippen LogP contribution in [0, 0.1) is 0 Å². The first-order valence-corrected chi connectivity index (χ1v) is 6.07. The highest BCUT2D eigenvalue weighted by atomic mass is 16.7. The number of para-hydroxylation sites is 1. The van der Waals surface area contributed by atoms with Crippen LogP contribution in [0.25, 0.3) is 0 Å². The number of carbonyl (C=O) groups is 2. The van der Waals surface area contributed by atoms with E-state index in [1.165, 1.54) is 0 Å². The first-order valence-electron chi connectivity index (χ1n) is 6.07. The number of amides is 1. The van der Waals surface area contributed by atoms with Gasteiger partial charge in [-0.2, -0.15) is 0 Å². The number of carboxylic acids is 1. The smallest absolute Gasteiger partial charge is 0.303 e. The Kier molecular flexibility index (Phi) is 4.22. The minimum absolute atomic E-state index is 0.119. The van der Waals surface area contributed by atoms with E-state index in [0.29, 0.717) is 36.4 Å². The fourth-order valence-electron chi connectivity index (χ4n) is 1.81. The molecule has 0 aromatic heterocycles. The Bertz CT molecular complexity index is 486. The Morgan fingerprint density at radius 2 is 2.11 bits per heavy atom. The Hall–Kier alpha value is -2.24. The van der Waals surface area contributed by atoms with Crippen LogP contribution in [0.5, 0.6) is 11.5 Å². The van der Waals surface area contributed by atoms with Gasteiger partial charge in [-0.25, -0.2) is 0 Å². The van der Waals surface area contributed by atoms with Gasteiger partial charge in [0.2, 0.25) is 6.79 Å². The van der Waals surface area contributed by atoms with Crippen LogP contribution in [0.1, 0.15) is 29.6 Å². The summed E-state index contributed by atoms with van der Waals surface area (Å²) in [5, 5.41) is 11.2. The van der Waals surface area contributed by atoms with Gasteiger partial charge in [0.25, 0.3) is 5.91 Å². The Morgan fingerprint density at radius 3 is 2.89 bits per heavy atom. The monoisotopic (exact) mass is 265 g/mol. The molecule has 6 nitrogen and oxygen atoms in total. The summed E-state index contributed by atoms with van der Waals surface area (Å²) in [6, 6.07) is 5.14. The van der Waals surface area contributed by atoms with E-state index < -0.39 is 5.97 Å². The molecule has 2 N–H and O–H groups in total. The highest BCUT2D eigenvalue weighted by Gasteiger charge is 2.21. The number of rotatable bonds is 6. The van der Waals surface area contributed by atoms with Crippen molar-refractivity contribution in [3.63, 3.8) is 0 Å². The average Bonchev–Trinajstić information content (AvgIpc) is 2.85. The molecule has 102 valence electrons. The Balaban J connectivity index is 1.84. The van der Waals surface area contributed by atoms with Gasteiger partial charge in [-0.3, -0.25) is 9.59 Å². The molecule has 1 heterocycles. The number of ether oxygens (including phenoxy) is 2. The van der Waals surface area contributed by atoms with E-state index in [1.54, 1.807) is 18.2 Å². The van der Waals surface area contributed by atoms with E-state index in [1.807, 2.05) is 0 Å². The molecule has 0 radical (unpaired) electrons. The predicted molar refractivity (Wildman–Crippen MR) is 66.4 cm³/mol. The van der Waals surface area contributed by atoms with Crippen LogP contribution >= 0.6 is 0 Å². The normalized spacial score (nSPS) is 12.2. The van der Waals surface area contributed by atoms with Gasteiger partial charge < -0.3 is 19.9 Å². The molecule has 1 aromatic rings. The van der Waals surface area contributed by atoms with Crippen LogP contribution in [0.2, 0.25) is 0 Å². The summed E-state index contributed by atoms with van der Waals surface area (Å²) in [7, 11) is 0. The second kappa shape index (κ2) is 6.08. The van der Waals surface area contributed by atoms with E-state index in [0.717, 1.165) is 0 Å². The van der Waals surface area contributed by atoms with Crippen LogP contribution in [0.4, 0.5) is 0 Å². The van der Waals surface area contributed by atoms with Crippen molar-refractivity contribution in [2.75, 3.05) is 13.3 Å². The highest BCUT2D eigenvalue weighted by Crippen LogP contribution is 2.35. The summed E-state index contributed by atoms with van der Waals surface area (Å²) < 4.78 is 10.4. The molecular weight excluding hydrogens is 250 g/mol. The quantitative estimate of drug-likeness (QED) is 0.759. The molecule has 0 saturated carbocycles. The predicted octanol–water partition coefficient (Wildman–Crippen LogP) is 1.40. The number of benzene rings is 1. The van der Waals surface area contributed by atoms with Gasteiger partial charge in [0.1, 0.15) is 0 Å². The highest BCUT2D eigenvalue weighted by molar-refractivity contribution is 5.97. The zero-order valence-corrected chi connectivity index (χ0v) is 10.3. The third kappa shape index (κ3) is 3.37. The van der Waals surface area contributed by atoms with Gasteiger partial charge in [-0.1, -0.05) is 6.07 Å². The lowest BCUT2D eigenvalue weighted by molar-refractivity contribution is -0.137. The first-order chi connectivity index (χ1) is 9.18. The maximum Gasteiger partial charge on any atom is 0.303 e. The van der Waals surface area contributed by atoms with Crippen LogP contribution in [-0.4, -0.2) is 30.3 Å². The summed E-state index contributed by atoms with van der Waals surface area (Å²) >= 11 is 0. The van der Waals surface area contributed by atoms with E-state index in [2.05, 4.69) is 5.32 Å². The fourth-order valence-corrected chi connectivity index (χ4v) is 1.81. The third-order valence-corrected chi connectivity index (χ3v) is 2.74.